The Morgan fingerprint density at radius 1 is 1.11 bits per heavy atom. The van der Waals surface area contributed by atoms with Gasteiger partial charge in [-0.1, -0.05) is 24.0 Å². The second-order valence-corrected chi connectivity index (χ2v) is 7.34. The number of nitrogens with zero attached hydrogens (tertiary/aromatic N) is 1. The largest absolute Gasteiger partial charge is 0.497 e. The summed E-state index contributed by atoms with van der Waals surface area (Å²) in [6, 6.07) is 10.7. The van der Waals surface area contributed by atoms with Gasteiger partial charge in [0.15, 0.2) is 15.8 Å². The SMILES string of the molecule is COc1ccc(OC)c(C=C2SC(=S)N(c3ccc4c(c3)OCO4)C2=O)c1. The van der Waals surface area contributed by atoms with Gasteiger partial charge in [-0.25, -0.2) is 0 Å². The molecule has 1 amide bonds. The van der Waals surface area contributed by atoms with E-state index in [1.807, 2.05) is 6.07 Å². The average molecular weight is 401 g/mol. The molecule has 0 saturated carbocycles. The highest BCUT2D eigenvalue weighted by Gasteiger charge is 2.34. The first-order valence-corrected chi connectivity index (χ1v) is 9.23. The Morgan fingerprint density at radius 2 is 1.93 bits per heavy atom. The fourth-order valence-electron chi connectivity index (χ4n) is 2.81. The highest BCUT2D eigenvalue weighted by molar-refractivity contribution is 8.27. The average Bonchev–Trinajstić information content (AvgIpc) is 3.25. The van der Waals surface area contributed by atoms with Crippen molar-refractivity contribution in [1.82, 2.24) is 0 Å². The quantitative estimate of drug-likeness (QED) is 0.570. The van der Waals surface area contributed by atoms with E-state index in [9.17, 15) is 4.79 Å². The van der Waals surface area contributed by atoms with Gasteiger partial charge in [0.2, 0.25) is 6.79 Å². The van der Waals surface area contributed by atoms with E-state index in [0.717, 1.165) is 5.56 Å². The first-order chi connectivity index (χ1) is 13.1. The molecule has 2 aromatic rings. The van der Waals surface area contributed by atoms with Crippen LogP contribution in [0.25, 0.3) is 6.08 Å². The number of thioether (sulfide) groups is 1. The van der Waals surface area contributed by atoms with Gasteiger partial charge in [0.05, 0.1) is 24.8 Å². The molecule has 4 rings (SSSR count). The zero-order chi connectivity index (χ0) is 19.0. The predicted molar refractivity (Wildman–Crippen MR) is 108 cm³/mol. The van der Waals surface area contributed by atoms with Gasteiger partial charge in [-0.15, -0.1) is 0 Å². The molecule has 2 aliphatic heterocycles. The Balaban J connectivity index is 1.68. The number of carbonyl (C=O) groups is 1. The van der Waals surface area contributed by atoms with E-state index in [4.69, 9.17) is 31.2 Å². The first kappa shape index (κ1) is 17.7. The molecule has 1 saturated heterocycles. The summed E-state index contributed by atoms with van der Waals surface area (Å²) in [7, 11) is 3.17. The van der Waals surface area contributed by atoms with Crippen LogP contribution >= 0.6 is 24.0 Å². The summed E-state index contributed by atoms with van der Waals surface area (Å²) in [5, 5.41) is 0. The molecule has 2 heterocycles. The van der Waals surface area contributed by atoms with Gasteiger partial charge >= 0.3 is 0 Å². The molecule has 0 N–H and O–H groups in total. The number of anilines is 1. The Morgan fingerprint density at radius 3 is 2.70 bits per heavy atom. The molecule has 0 aromatic heterocycles. The number of amides is 1. The summed E-state index contributed by atoms with van der Waals surface area (Å²) in [6.45, 7) is 0.173. The molecular weight excluding hydrogens is 386 g/mol. The van der Waals surface area contributed by atoms with Crippen LogP contribution in [0, 0.1) is 0 Å². The van der Waals surface area contributed by atoms with Crippen molar-refractivity contribution in [3.63, 3.8) is 0 Å². The van der Waals surface area contributed by atoms with Crippen LogP contribution in [-0.2, 0) is 4.79 Å². The number of hydrogen-bond donors (Lipinski definition) is 0. The van der Waals surface area contributed by atoms with E-state index >= 15 is 0 Å². The van der Waals surface area contributed by atoms with Crippen LogP contribution in [-0.4, -0.2) is 31.2 Å². The molecule has 1 fully saturated rings. The molecule has 2 aromatic carbocycles. The Kier molecular flexibility index (Phi) is 4.67. The van der Waals surface area contributed by atoms with Crippen LogP contribution in [0.2, 0.25) is 0 Å². The fraction of sp³-hybridized carbons (Fsp3) is 0.158. The van der Waals surface area contributed by atoms with Gasteiger partial charge in [-0.3, -0.25) is 9.69 Å². The molecule has 0 aliphatic carbocycles. The fourth-order valence-corrected chi connectivity index (χ4v) is 4.10. The third-order valence-electron chi connectivity index (χ3n) is 4.13. The van der Waals surface area contributed by atoms with Crippen molar-refractivity contribution in [2.24, 2.45) is 0 Å². The van der Waals surface area contributed by atoms with Gasteiger partial charge in [-0.2, -0.15) is 0 Å². The highest BCUT2D eigenvalue weighted by Crippen LogP contribution is 2.41. The first-order valence-electron chi connectivity index (χ1n) is 8.00. The van der Waals surface area contributed by atoms with Gasteiger partial charge in [0.25, 0.3) is 5.91 Å². The molecule has 2 aliphatic rings. The summed E-state index contributed by atoms with van der Waals surface area (Å²) in [5.74, 6) is 2.37. The smallest absolute Gasteiger partial charge is 0.270 e. The normalized spacial score (nSPS) is 17.0. The summed E-state index contributed by atoms with van der Waals surface area (Å²) >= 11 is 6.67. The number of fused-ring (bicyclic) bond motifs is 1. The maximum Gasteiger partial charge on any atom is 0.270 e. The lowest BCUT2D eigenvalue weighted by molar-refractivity contribution is -0.113. The van der Waals surface area contributed by atoms with Gasteiger partial charge < -0.3 is 18.9 Å². The third-order valence-corrected chi connectivity index (χ3v) is 5.43. The lowest BCUT2D eigenvalue weighted by atomic mass is 10.1. The van der Waals surface area contributed by atoms with Crippen LogP contribution in [0.5, 0.6) is 23.0 Å². The molecule has 0 bridgehead atoms. The number of thiocarbonyl (C=S) groups is 1. The van der Waals surface area contributed by atoms with Crippen molar-refractivity contribution >= 4 is 46.0 Å². The summed E-state index contributed by atoms with van der Waals surface area (Å²) in [6.07, 6.45) is 1.76. The molecule has 0 atom stereocenters. The van der Waals surface area contributed by atoms with E-state index in [1.54, 1.807) is 50.6 Å². The summed E-state index contributed by atoms with van der Waals surface area (Å²) in [4.78, 5) is 15.0. The minimum atomic E-state index is -0.200. The Hall–Kier alpha value is -2.71. The van der Waals surface area contributed by atoms with Crippen molar-refractivity contribution < 1.29 is 23.7 Å². The number of benzene rings is 2. The highest BCUT2D eigenvalue weighted by atomic mass is 32.2. The number of rotatable bonds is 4. The summed E-state index contributed by atoms with van der Waals surface area (Å²) in [5.41, 5.74) is 1.38. The lowest BCUT2D eigenvalue weighted by Gasteiger charge is -2.14. The van der Waals surface area contributed by atoms with Crippen molar-refractivity contribution in [3.8, 4) is 23.0 Å². The van der Waals surface area contributed by atoms with Crippen molar-refractivity contribution in [3.05, 3.63) is 46.9 Å². The summed E-state index contributed by atoms with van der Waals surface area (Å²) < 4.78 is 21.8. The van der Waals surface area contributed by atoms with Crippen LogP contribution in [0.3, 0.4) is 0 Å². The molecule has 0 radical (unpaired) electrons. The maximum absolute atomic E-state index is 13.0. The van der Waals surface area contributed by atoms with Crippen molar-refractivity contribution in [2.45, 2.75) is 0 Å². The molecule has 8 heteroatoms. The topological polar surface area (TPSA) is 57.2 Å². The second kappa shape index (κ2) is 7.13. The van der Waals surface area contributed by atoms with E-state index in [1.165, 1.54) is 16.7 Å². The number of carbonyl (C=O) groups excluding carboxylic acids is 1. The Labute approximate surface area is 165 Å². The molecule has 0 spiro atoms. The van der Waals surface area contributed by atoms with Crippen LogP contribution < -0.4 is 23.8 Å². The third kappa shape index (κ3) is 3.22. The van der Waals surface area contributed by atoms with E-state index in [0.29, 0.717) is 37.9 Å². The zero-order valence-corrected chi connectivity index (χ0v) is 16.2. The molecular formula is C19H15NO5S2. The molecule has 0 unspecified atom stereocenters. The molecule has 6 nitrogen and oxygen atoms in total. The van der Waals surface area contributed by atoms with Crippen LogP contribution in [0.15, 0.2) is 41.3 Å². The standard InChI is InChI=1S/C19H15NO5S2/c1-22-13-4-6-14(23-2)11(7-13)8-17-18(21)20(19(26)27-17)12-3-5-15-16(9-12)25-10-24-15/h3-9H,10H2,1-2H3. The zero-order valence-electron chi connectivity index (χ0n) is 14.6. The molecule has 27 heavy (non-hydrogen) atoms. The van der Waals surface area contributed by atoms with E-state index in [2.05, 4.69) is 0 Å². The van der Waals surface area contributed by atoms with Gasteiger partial charge in [0, 0.05) is 11.6 Å². The molecule has 138 valence electrons. The van der Waals surface area contributed by atoms with E-state index < -0.39 is 0 Å². The maximum atomic E-state index is 13.0. The van der Waals surface area contributed by atoms with Gasteiger partial charge in [-0.05, 0) is 36.4 Å². The van der Waals surface area contributed by atoms with Crippen LogP contribution in [0.1, 0.15) is 5.56 Å². The van der Waals surface area contributed by atoms with Gasteiger partial charge in [0.1, 0.15) is 11.5 Å². The number of hydrogen-bond acceptors (Lipinski definition) is 7. The Bertz CT molecular complexity index is 973. The minimum absolute atomic E-state index is 0.173. The minimum Gasteiger partial charge on any atom is -0.497 e. The lowest BCUT2D eigenvalue weighted by Crippen LogP contribution is -2.27. The van der Waals surface area contributed by atoms with Crippen LogP contribution in [0.4, 0.5) is 5.69 Å². The number of methoxy groups -OCH3 is 2. The second-order valence-electron chi connectivity index (χ2n) is 5.66. The monoisotopic (exact) mass is 401 g/mol. The number of ether oxygens (including phenoxy) is 4. The predicted octanol–water partition coefficient (Wildman–Crippen LogP) is 3.84. The van der Waals surface area contributed by atoms with Crippen molar-refractivity contribution in [2.75, 3.05) is 25.9 Å². The van der Waals surface area contributed by atoms with E-state index in [-0.39, 0.29) is 12.7 Å². The van der Waals surface area contributed by atoms with Crippen molar-refractivity contribution in [1.29, 1.82) is 0 Å².